The summed E-state index contributed by atoms with van der Waals surface area (Å²) in [5.41, 5.74) is 1.59. The third-order valence-electron chi connectivity index (χ3n) is 3.92. The molecule has 0 aromatic heterocycles. The molecule has 0 amide bonds. The zero-order valence-corrected chi connectivity index (χ0v) is 9.09. The predicted molar refractivity (Wildman–Crippen MR) is 54.7 cm³/mol. The van der Waals surface area contributed by atoms with Crippen molar-refractivity contribution in [3.05, 3.63) is 11.6 Å². The molecule has 0 N–H and O–H groups in total. The minimum absolute atomic E-state index is 0.141. The van der Waals surface area contributed by atoms with E-state index in [-0.39, 0.29) is 4.83 Å². The van der Waals surface area contributed by atoms with E-state index in [4.69, 9.17) is 0 Å². The fraction of sp³-hybridized carbons (Fsp3) is 0.727. The summed E-state index contributed by atoms with van der Waals surface area (Å²) in [4.78, 5) is 12.1. The van der Waals surface area contributed by atoms with Crippen molar-refractivity contribution < 1.29 is 4.79 Å². The molecule has 1 nitrogen and oxygen atoms in total. The quantitative estimate of drug-likeness (QED) is 0.470. The standard InChI is InChI=1S/C11H13BrO/c12-9-4-2-7-5-6-1-3-8(10(6)7)11(9)13/h5-6,8-10H,1-4H2/t6-,8+,9+,10-/m1/s1. The van der Waals surface area contributed by atoms with Gasteiger partial charge in [0.2, 0.25) is 0 Å². The number of hydrogen-bond acceptors (Lipinski definition) is 1. The molecule has 0 bridgehead atoms. The van der Waals surface area contributed by atoms with E-state index in [0.29, 0.717) is 17.6 Å². The van der Waals surface area contributed by atoms with Crippen molar-refractivity contribution in [3.8, 4) is 0 Å². The Hall–Kier alpha value is -0.110. The third-order valence-corrected chi connectivity index (χ3v) is 4.83. The van der Waals surface area contributed by atoms with Gasteiger partial charge in [-0.3, -0.25) is 4.79 Å². The zero-order valence-electron chi connectivity index (χ0n) is 7.50. The SMILES string of the molecule is O=C1[C@H]2CC[C@@H]3C=C(CC[C@@H]1Br)[C@H]23. The lowest BCUT2D eigenvalue weighted by atomic mass is 9.72. The predicted octanol–water partition coefficient (Wildman–Crippen LogP) is 2.70. The van der Waals surface area contributed by atoms with Crippen LogP contribution >= 0.6 is 15.9 Å². The third kappa shape index (κ3) is 1.01. The van der Waals surface area contributed by atoms with Crippen LogP contribution in [0.1, 0.15) is 25.7 Å². The molecule has 3 rings (SSSR count). The van der Waals surface area contributed by atoms with Gasteiger partial charge in [-0.1, -0.05) is 27.6 Å². The summed E-state index contributed by atoms with van der Waals surface area (Å²) in [5.74, 6) is 2.28. The highest BCUT2D eigenvalue weighted by atomic mass is 79.9. The highest BCUT2D eigenvalue weighted by Crippen LogP contribution is 2.53. The number of halogens is 1. The van der Waals surface area contributed by atoms with Gasteiger partial charge in [0, 0.05) is 5.92 Å². The molecule has 0 saturated heterocycles. The van der Waals surface area contributed by atoms with Gasteiger partial charge >= 0.3 is 0 Å². The van der Waals surface area contributed by atoms with Crippen LogP contribution in [-0.4, -0.2) is 10.6 Å². The maximum absolute atomic E-state index is 11.9. The largest absolute Gasteiger partial charge is 0.298 e. The Balaban J connectivity index is 1.97. The van der Waals surface area contributed by atoms with Crippen LogP contribution < -0.4 is 0 Å². The number of ketones is 1. The van der Waals surface area contributed by atoms with Crippen LogP contribution in [0.2, 0.25) is 0 Å². The van der Waals surface area contributed by atoms with E-state index in [1.807, 2.05) is 0 Å². The first-order valence-electron chi connectivity index (χ1n) is 5.16. The summed E-state index contributed by atoms with van der Waals surface area (Å²) in [6.45, 7) is 0. The molecule has 70 valence electrons. The number of carbonyl (C=O) groups excluding carboxylic acids is 1. The van der Waals surface area contributed by atoms with Crippen LogP contribution in [0, 0.1) is 17.8 Å². The summed E-state index contributed by atoms with van der Waals surface area (Å²) in [6.07, 6.45) is 6.98. The van der Waals surface area contributed by atoms with Crippen molar-refractivity contribution in [2.45, 2.75) is 30.5 Å². The lowest BCUT2D eigenvalue weighted by Gasteiger charge is -2.32. The molecule has 0 unspecified atom stereocenters. The van der Waals surface area contributed by atoms with E-state index >= 15 is 0 Å². The lowest BCUT2D eigenvalue weighted by molar-refractivity contribution is -0.122. The number of alkyl halides is 1. The normalized spacial score (nSPS) is 47.8. The van der Waals surface area contributed by atoms with Crippen LogP contribution in [0.3, 0.4) is 0 Å². The molecule has 2 fully saturated rings. The molecular weight excluding hydrogens is 228 g/mol. The Bertz CT molecular complexity index is 294. The van der Waals surface area contributed by atoms with Crippen LogP contribution in [0.4, 0.5) is 0 Å². The minimum atomic E-state index is 0.141. The van der Waals surface area contributed by atoms with Crippen molar-refractivity contribution >= 4 is 21.7 Å². The molecule has 0 spiro atoms. The van der Waals surface area contributed by atoms with E-state index in [9.17, 15) is 4.79 Å². The first kappa shape index (κ1) is 8.22. The number of hydrogen-bond donors (Lipinski definition) is 0. The number of Topliss-reactive ketones (excluding diaryl/α,β-unsaturated/α-hetero) is 1. The summed E-state index contributed by atoms with van der Waals surface area (Å²) in [7, 11) is 0. The molecule has 2 saturated carbocycles. The highest BCUT2D eigenvalue weighted by Gasteiger charge is 2.48. The van der Waals surface area contributed by atoms with E-state index in [2.05, 4.69) is 22.0 Å². The van der Waals surface area contributed by atoms with E-state index < -0.39 is 0 Å². The van der Waals surface area contributed by atoms with Gasteiger partial charge in [0.1, 0.15) is 5.78 Å². The van der Waals surface area contributed by atoms with Crippen LogP contribution in [0.25, 0.3) is 0 Å². The molecule has 0 aliphatic heterocycles. The Morgan fingerprint density at radius 3 is 3.00 bits per heavy atom. The highest BCUT2D eigenvalue weighted by molar-refractivity contribution is 9.10. The minimum Gasteiger partial charge on any atom is -0.298 e. The second-order valence-corrected chi connectivity index (χ2v) is 5.63. The number of allylic oxidation sites excluding steroid dienone is 2. The van der Waals surface area contributed by atoms with E-state index in [1.165, 1.54) is 6.42 Å². The maximum atomic E-state index is 11.9. The first-order chi connectivity index (χ1) is 6.27. The smallest absolute Gasteiger partial charge is 0.150 e. The maximum Gasteiger partial charge on any atom is 0.150 e. The van der Waals surface area contributed by atoms with Gasteiger partial charge < -0.3 is 0 Å². The van der Waals surface area contributed by atoms with Crippen LogP contribution in [0.5, 0.6) is 0 Å². The molecule has 2 heteroatoms. The summed E-state index contributed by atoms with van der Waals surface area (Å²) in [5, 5.41) is 0. The molecule has 4 atom stereocenters. The van der Waals surface area contributed by atoms with Gasteiger partial charge in [-0.2, -0.15) is 0 Å². The van der Waals surface area contributed by atoms with E-state index in [0.717, 1.165) is 25.2 Å². The second-order valence-electron chi connectivity index (χ2n) is 4.52. The molecule has 0 radical (unpaired) electrons. The van der Waals surface area contributed by atoms with Crippen LogP contribution in [0.15, 0.2) is 11.6 Å². The van der Waals surface area contributed by atoms with Crippen molar-refractivity contribution in [2.24, 2.45) is 17.8 Å². The molecule has 0 aromatic carbocycles. The van der Waals surface area contributed by atoms with Gasteiger partial charge in [-0.05, 0) is 37.5 Å². The Kier molecular flexibility index (Phi) is 1.70. The average molecular weight is 241 g/mol. The summed E-state index contributed by atoms with van der Waals surface area (Å²) < 4.78 is 0. The Labute approximate surface area is 86.7 Å². The monoisotopic (exact) mass is 240 g/mol. The van der Waals surface area contributed by atoms with Gasteiger partial charge in [-0.15, -0.1) is 0 Å². The molecule has 3 aliphatic rings. The molecule has 3 aliphatic carbocycles. The molecular formula is C11H13BrO. The van der Waals surface area contributed by atoms with Crippen molar-refractivity contribution in [2.75, 3.05) is 0 Å². The fourth-order valence-corrected chi connectivity index (χ4v) is 3.82. The van der Waals surface area contributed by atoms with Crippen LogP contribution in [-0.2, 0) is 4.79 Å². The molecule has 0 heterocycles. The summed E-state index contributed by atoms with van der Waals surface area (Å²) in [6, 6.07) is 0. The lowest BCUT2D eigenvalue weighted by Crippen LogP contribution is -2.29. The summed E-state index contributed by atoms with van der Waals surface area (Å²) >= 11 is 3.51. The first-order valence-corrected chi connectivity index (χ1v) is 6.07. The average Bonchev–Trinajstić information content (AvgIpc) is 2.38. The second kappa shape index (κ2) is 2.69. The fourth-order valence-electron chi connectivity index (χ4n) is 3.25. The van der Waals surface area contributed by atoms with Gasteiger partial charge in [0.15, 0.2) is 0 Å². The van der Waals surface area contributed by atoms with Crippen molar-refractivity contribution in [1.82, 2.24) is 0 Å². The molecule has 0 aromatic rings. The van der Waals surface area contributed by atoms with Gasteiger partial charge in [0.05, 0.1) is 4.83 Å². The van der Waals surface area contributed by atoms with E-state index in [1.54, 1.807) is 5.57 Å². The van der Waals surface area contributed by atoms with Crippen molar-refractivity contribution in [3.63, 3.8) is 0 Å². The topological polar surface area (TPSA) is 17.1 Å². The molecule has 13 heavy (non-hydrogen) atoms. The van der Waals surface area contributed by atoms with Gasteiger partial charge in [0.25, 0.3) is 0 Å². The number of rotatable bonds is 0. The van der Waals surface area contributed by atoms with Crippen molar-refractivity contribution in [1.29, 1.82) is 0 Å². The Morgan fingerprint density at radius 2 is 2.15 bits per heavy atom. The van der Waals surface area contributed by atoms with Gasteiger partial charge in [-0.25, -0.2) is 0 Å². The Morgan fingerprint density at radius 1 is 1.31 bits per heavy atom. The zero-order chi connectivity index (χ0) is 9.00. The number of carbonyl (C=O) groups is 1.